The molecule has 3 nitrogen and oxygen atoms in total. The van der Waals surface area contributed by atoms with E-state index in [9.17, 15) is 0 Å². The first-order chi connectivity index (χ1) is 26.2. The first-order valence-corrected chi connectivity index (χ1v) is 18.2. The van der Waals surface area contributed by atoms with Crippen LogP contribution in [0.2, 0.25) is 0 Å². The molecule has 0 unspecified atom stereocenters. The van der Waals surface area contributed by atoms with Gasteiger partial charge >= 0.3 is 6.85 Å². The average molecular weight is 679 g/mol. The summed E-state index contributed by atoms with van der Waals surface area (Å²) in [4.78, 5) is 5.04. The van der Waals surface area contributed by atoms with Crippen molar-refractivity contribution in [1.29, 1.82) is 0 Å². The van der Waals surface area contributed by atoms with Crippen LogP contribution in [0.1, 0.15) is 0 Å². The minimum atomic E-state index is -0.183. The first-order valence-electron chi connectivity index (χ1n) is 18.2. The molecule has 8 aromatic rings. The van der Waals surface area contributed by atoms with E-state index in [1.165, 1.54) is 44.5 Å². The van der Waals surface area contributed by atoms with Crippen molar-refractivity contribution in [2.45, 2.75) is 0 Å². The van der Waals surface area contributed by atoms with Crippen LogP contribution in [-0.4, -0.2) is 13.9 Å². The number of hydrogen-bond acceptors (Lipinski definition) is 3. The third-order valence-corrected chi connectivity index (χ3v) is 10.7. The van der Waals surface area contributed by atoms with Crippen molar-refractivity contribution >= 4 is 40.5 Å². The normalized spacial score (nSPS) is 12.7. The zero-order valence-corrected chi connectivity index (χ0v) is 29.4. The highest BCUT2D eigenvalue weighted by atomic mass is 16.5. The summed E-state index contributed by atoms with van der Waals surface area (Å²) in [5.41, 5.74) is 16.3. The summed E-state index contributed by atoms with van der Waals surface area (Å²) in [6.07, 6.45) is 0. The van der Waals surface area contributed by atoms with E-state index >= 15 is 0 Å². The number of benzene rings is 8. The highest BCUT2D eigenvalue weighted by molar-refractivity contribution is 6.91. The van der Waals surface area contributed by atoms with Crippen molar-refractivity contribution in [3.63, 3.8) is 0 Å². The lowest BCUT2D eigenvalue weighted by Gasteiger charge is -2.46. The summed E-state index contributed by atoms with van der Waals surface area (Å²) in [5.74, 6) is 1.75. The molecule has 0 saturated carbocycles. The molecule has 0 aliphatic carbocycles. The van der Waals surface area contributed by atoms with E-state index in [0.717, 1.165) is 45.2 Å². The Hall–Kier alpha value is -6.78. The van der Waals surface area contributed by atoms with Crippen LogP contribution < -0.4 is 25.4 Å². The maximum Gasteiger partial charge on any atom is 0.335 e. The molecule has 0 aromatic heterocycles. The first kappa shape index (κ1) is 31.0. The Kier molecular flexibility index (Phi) is 7.47. The largest absolute Gasteiger partial charge is 0.458 e. The molecule has 8 aromatic carbocycles. The summed E-state index contributed by atoms with van der Waals surface area (Å²) < 4.78 is 6.64. The minimum Gasteiger partial charge on any atom is -0.458 e. The minimum absolute atomic E-state index is 0.183. The van der Waals surface area contributed by atoms with E-state index in [1.807, 2.05) is 0 Å². The fourth-order valence-electron chi connectivity index (χ4n) is 8.19. The molecule has 2 heterocycles. The Morgan fingerprint density at radius 1 is 0.377 bits per heavy atom. The molecule has 53 heavy (non-hydrogen) atoms. The van der Waals surface area contributed by atoms with Crippen LogP contribution >= 0.6 is 0 Å². The van der Waals surface area contributed by atoms with Crippen molar-refractivity contribution in [2.24, 2.45) is 0 Å². The van der Waals surface area contributed by atoms with Crippen LogP contribution in [0.5, 0.6) is 11.5 Å². The van der Waals surface area contributed by atoms with E-state index in [-0.39, 0.29) is 6.85 Å². The Bertz CT molecular complexity index is 2430. The van der Waals surface area contributed by atoms with Gasteiger partial charge in [0.1, 0.15) is 11.5 Å². The molecule has 0 fully saturated rings. The topological polar surface area (TPSA) is 15.7 Å². The lowest BCUT2D eigenvalue weighted by atomic mass is 9.47. The number of rotatable bonds is 5. The standard InChI is InChI=1S/C49H35BN2O/c1-51-44-32-38(34-18-6-2-7-19-34)30-40(36-22-10-4-11-23-36)48(44)52(50-42-26-14-16-28-46(42)53-47-29-17-15-27-43(47)50)49-41(37-24-12-5-13-25-37)31-39(33-45(49)51)35-20-8-3-9-21-35/h2-33H,1H3. The van der Waals surface area contributed by atoms with Gasteiger partial charge in [0, 0.05) is 18.2 Å². The molecule has 0 radical (unpaired) electrons. The van der Waals surface area contributed by atoms with Gasteiger partial charge in [0.2, 0.25) is 0 Å². The van der Waals surface area contributed by atoms with E-state index < -0.39 is 0 Å². The van der Waals surface area contributed by atoms with Crippen molar-refractivity contribution in [2.75, 3.05) is 16.8 Å². The lowest BCUT2D eigenvalue weighted by molar-refractivity contribution is 0.487. The Morgan fingerprint density at radius 2 is 0.736 bits per heavy atom. The Balaban J connectivity index is 1.37. The Morgan fingerprint density at radius 3 is 1.15 bits per heavy atom. The van der Waals surface area contributed by atoms with Gasteiger partial charge in [-0.1, -0.05) is 158 Å². The molecule has 4 heteroatoms. The second-order valence-corrected chi connectivity index (χ2v) is 13.8. The molecule has 0 saturated heterocycles. The molecule has 2 aliphatic heterocycles. The van der Waals surface area contributed by atoms with Crippen LogP contribution in [0.3, 0.4) is 0 Å². The quantitative estimate of drug-likeness (QED) is 0.169. The smallest absolute Gasteiger partial charge is 0.335 e. The third-order valence-electron chi connectivity index (χ3n) is 10.7. The number of anilines is 4. The monoisotopic (exact) mass is 678 g/mol. The number of fused-ring (bicyclic) bond motifs is 4. The molecule has 0 amide bonds. The van der Waals surface area contributed by atoms with E-state index in [1.54, 1.807) is 0 Å². The van der Waals surface area contributed by atoms with Gasteiger partial charge in [0.05, 0.1) is 22.7 Å². The van der Waals surface area contributed by atoms with Crippen LogP contribution in [0.15, 0.2) is 194 Å². The molecule has 0 spiro atoms. The van der Waals surface area contributed by atoms with Crippen molar-refractivity contribution in [3.05, 3.63) is 194 Å². The fourth-order valence-corrected chi connectivity index (χ4v) is 8.19. The maximum absolute atomic E-state index is 6.64. The summed E-state index contributed by atoms with van der Waals surface area (Å²) in [7, 11) is 2.23. The number of para-hydroxylation sites is 2. The van der Waals surface area contributed by atoms with Gasteiger partial charge in [0.25, 0.3) is 0 Å². The highest BCUT2D eigenvalue weighted by Gasteiger charge is 2.43. The summed E-state index contributed by atoms with van der Waals surface area (Å²) in [5, 5.41) is 0. The van der Waals surface area contributed by atoms with Gasteiger partial charge in [-0.3, -0.25) is 0 Å². The van der Waals surface area contributed by atoms with Crippen LogP contribution in [0.25, 0.3) is 44.5 Å². The molecule has 0 N–H and O–H groups in total. The predicted molar refractivity (Wildman–Crippen MR) is 223 cm³/mol. The second-order valence-electron chi connectivity index (χ2n) is 13.8. The maximum atomic E-state index is 6.64. The summed E-state index contributed by atoms with van der Waals surface area (Å²) in [6.45, 7) is -0.183. The second kappa shape index (κ2) is 12.8. The number of ether oxygens (including phenoxy) is 1. The Labute approximate surface area is 311 Å². The van der Waals surface area contributed by atoms with Gasteiger partial charge in [-0.05, 0) is 80.7 Å². The van der Waals surface area contributed by atoms with Crippen molar-refractivity contribution < 1.29 is 4.74 Å². The van der Waals surface area contributed by atoms with Gasteiger partial charge in [-0.15, -0.1) is 0 Å². The van der Waals surface area contributed by atoms with Crippen LogP contribution in [0.4, 0.5) is 22.7 Å². The summed E-state index contributed by atoms with van der Waals surface area (Å²) in [6, 6.07) is 69.8. The van der Waals surface area contributed by atoms with Gasteiger partial charge in [0.15, 0.2) is 0 Å². The van der Waals surface area contributed by atoms with Crippen molar-refractivity contribution in [3.8, 4) is 56.0 Å². The van der Waals surface area contributed by atoms with Gasteiger partial charge < -0.3 is 14.4 Å². The molecule has 2 aliphatic rings. The summed E-state index contributed by atoms with van der Waals surface area (Å²) >= 11 is 0. The number of hydrogen-bond donors (Lipinski definition) is 0. The van der Waals surface area contributed by atoms with E-state index in [0.29, 0.717) is 0 Å². The third kappa shape index (κ3) is 5.22. The number of nitrogens with zero attached hydrogens (tertiary/aromatic N) is 2. The highest BCUT2D eigenvalue weighted by Crippen LogP contribution is 2.57. The van der Waals surface area contributed by atoms with Gasteiger partial charge in [-0.25, -0.2) is 0 Å². The van der Waals surface area contributed by atoms with Crippen molar-refractivity contribution in [1.82, 2.24) is 0 Å². The average Bonchev–Trinajstić information content (AvgIpc) is 3.24. The lowest BCUT2D eigenvalue weighted by Crippen LogP contribution is -2.58. The zero-order valence-electron chi connectivity index (χ0n) is 29.4. The zero-order chi connectivity index (χ0) is 35.3. The van der Waals surface area contributed by atoms with E-state index in [2.05, 4.69) is 211 Å². The predicted octanol–water partition coefficient (Wildman–Crippen LogP) is 11.5. The van der Waals surface area contributed by atoms with Crippen LogP contribution in [-0.2, 0) is 0 Å². The fraction of sp³-hybridized carbons (Fsp3) is 0.0204. The molecule has 0 atom stereocenters. The SMILES string of the molecule is CN1c2cc(-c3ccccc3)cc(-c3ccccc3)c2N(B2c3ccccc3Oc3ccccc32)c2c(-c3ccccc3)cc(-c3ccccc3)cc21. The molecular weight excluding hydrogens is 643 g/mol. The van der Waals surface area contributed by atoms with Crippen LogP contribution in [0, 0.1) is 0 Å². The molecular formula is C49H35BN2O. The van der Waals surface area contributed by atoms with E-state index in [4.69, 9.17) is 4.74 Å². The molecule has 0 bridgehead atoms. The molecule has 10 rings (SSSR count). The van der Waals surface area contributed by atoms with Gasteiger partial charge in [-0.2, -0.15) is 0 Å². The molecule has 250 valence electrons.